The number of aromatic nitrogens is 1. The molecule has 1 aliphatic rings. The molecule has 1 N–H and O–H groups in total. The van der Waals surface area contributed by atoms with Crippen LogP contribution in [-0.2, 0) is 0 Å². The number of carboxylic acids is 1. The number of aromatic carboxylic acids is 1. The summed E-state index contributed by atoms with van der Waals surface area (Å²) in [6, 6.07) is 2.68. The van der Waals surface area contributed by atoms with Gasteiger partial charge in [0.05, 0.1) is 16.1 Å². The largest absolute Gasteiger partial charge is 0.475 e. The first kappa shape index (κ1) is 12.5. The van der Waals surface area contributed by atoms with E-state index in [4.69, 9.17) is 26.2 Å². The Kier molecular flexibility index (Phi) is 2.83. The van der Waals surface area contributed by atoms with E-state index in [-0.39, 0.29) is 40.3 Å². The monoisotopic (exact) mass is 295 g/mol. The van der Waals surface area contributed by atoms with Crippen molar-refractivity contribution in [2.75, 3.05) is 6.79 Å². The van der Waals surface area contributed by atoms with Gasteiger partial charge in [0.2, 0.25) is 12.6 Å². The lowest BCUT2D eigenvalue weighted by molar-refractivity contribution is 0.0652. The van der Waals surface area contributed by atoms with E-state index in [1.165, 1.54) is 12.1 Å². The second-order valence-electron chi connectivity index (χ2n) is 3.88. The molecule has 102 valence electrons. The molecule has 0 amide bonds. The number of carboxylic acid groups (broad SMARTS) is 1. The summed E-state index contributed by atoms with van der Waals surface area (Å²) in [7, 11) is 0. The van der Waals surface area contributed by atoms with Crippen molar-refractivity contribution in [1.82, 2.24) is 5.16 Å². The van der Waals surface area contributed by atoms with Crippen LogP contribution in [0.5, 0.6) is 11.5 Å². The minimum Gasteiger partial charge on any atom is -0.475 e. The zero-order chi connectivity index (χ0) is 14.3. The highest BCUT2D eigenvalue weighted by Crippen LogP contribution is 2.46. The van der Waals surface area contributed by atoms with Gasteiger partial charge in [0.15, 0.2) is 17.8 Å². The van der Waals surface area contributed by atoms with Gasteiger partial charge in [-0.05, 0) is 6.07 Å². The molecule has 0 saturated heterocycles. The van der Waals surface area contributed by atoms with Crippen LogP contribution in [0.2, 0.25) is 5.02 Å². The van der Waals surface area contributed by atoms with E-state index in [2.05, 4.69) is 9.68 Å². The summed E-state index contributed by atoms with van der Waals surface area (Å²) < 4.78 is 15.2. The van der Waals surface area contributed by atoms with Crippen LogP contribution in [-0.4, -0.2) is 29.3 Å². The normalized spacial score (nSPS) is 12.4. The summed E-state index contributed by atoms with van der Waals surface area (Å²) in [5, 5.41) is 12.6. The molecule has 0 saturated carbocycles. The van der Waals surface area contributed by atoms with E-state index >= 15 is 0 Å². The molecular formula is C12H6ClNO6. The van der Waals surface area contributed by atoms with Crippen molar-refractivity contribution in [1.29, 1.82) is 0 Å². The molecule has 1 aromatic heterocycles. The van der Waals surface area contributed by atoms with Gasteiger partial charge in [-0.2, -0.15) is 0 Å². The van der Waals surface area contributed by atoms with Gasteiger partial charge in [-0.25, -0.2) is 4.79 Å². The zero-order valence-corrected chi connectivity index (χ0v) is 10.5. The number of hydrogen-bond donors (Lipinski definition) is 1. The summed E-state index contributed by atoms with van der Waals surface area (Å²) in [6.45, 7) is -0.0623. The Morgan fingerprint density at radius 3 is 2.75 bits per heavy atom. The van der Waals surface area contributed by atoms with Crippen LogP contribution in [0.15, 0.2) is 16.7 Å². The Balaban J connectivity index is 2.19. The van der Waals surface area contributed by atoms with Gasteiger partial charge in [0, 0.05) is 6.07 Å². The van der Waals surface area contributed by atoms with Crippen molar-refractivity contribution < 1.29 is 28.7 Å². The second-order valence-corrected chi connectivity index (χ2v) is 4.29. The average Bonchev–Trinajstić information content (AvgIpc) is 3.06. The SMILES string of the molecule is O=Cc1c(Cl)cc(-c2cc(C(=O)O)on2)c2c1OCO2. The van der Waals surface area contributed by atoms with Gasteiger partial charge in [-0.1, -0.05) is 16.8 Å². The summed E-state index contributed by atoms with van der Waals surface area (Å²) in [6.07, 6.45) is 0.561. The first-order valence-electron chi connectivity index (χ1n) is 5.39. The Morgan fingerprint density at radius 2 is 2.10 bits per heavy atom. The van der Waals surface area contributed by atoms with Crippen molar-refractivity contribution in [2.24, 2.45) is 0 Å². The summed E-state index contributed by atoms with van der Waals surface area (Å²) >= 11 is 5.99. The number of aldehydes is 1. The average molecular weight is 296 g/mol. The van der Waals surface area contributed by atoms with Crippen LogP contribution in [0, 0.1) is 0 Å². The fourth-order valence-electron chi connectivity index (χ4n) is 1.86. The van der Waals surface area contributed by atoms with Gasteiger partial charge < -0.3 is 19.1 Å². The van der Waals surface area contributed by atoms with E-state index in [1.807, 2.05) is 0 Å². The number of carbonyl (C=O) groups excluding carboxylic acids is 1. The Labute approximate surface area is 116 Å². The molecule has 2 heterocycles. The zero-order valence-electron chi connectivity index (χ0n) is 9.75. The molecule has 0 bridgehead atoms. The molecule has 3 rings (SSSR count). The number of nitrogens with zero attached hydrogens (tertiary/aromatic N) is 1. The number of fused-ring (bicyclic) bond motifs is 1. The summed E-state index contributed by atoms with van der Waals surface area (Å²) in [5.74, 6) is -1.07. The molecule has 1 aromatic carbocycles. The minimum absolute atomic E-state index is 0.0623. The van der Waals surface area contributed by atoms with E-state index in [9.17, 15) is 9.59 Å². The Bertz CT molecular complexity index is 723. The van der Waals surface area contributed by atoms with Crippen LogP contribution in [0.3, 0.4) is 0 Å². The van der Waals surface area contributed by atoms with Crippen LogP contribution in [0.25, 0.3) is 11.3 Å². The van der Waals surface area contributed by atoms with Gasteiger partial charge in [-0.3, -0.25) is 4.79 Å². The lowest BCUT2D eigenvalue weighted by Gasteiger charge is -2.06. The van der Waals surface area contributed by atoms with E-state index in [0.717, 1.165) is 0 Å². The predicted octanol–water partition coefficient (Wildman–Crippen LogP) is 2.23. The number of ether oxygens (including phenoxy) is 2. The van der Waals surface area contributed by atoms with E-state index in [0.29, 0.717) is 11.8 Å². The molecule has 7 nitrogen and oxygen atoms in total. The van der Waals surface area contributed by atoms with Crippen LogP contribution < -0.4 is 9.47 Å². The maximum absolute atomic E-state index is 11.0. The summed E-state index contributed by atoms with van der Waals surface area (Å²) in [5.41, 5.74) is 0.790. The van der Waals surface area contributed by atoms with Crippen molar-refractivity contribution in [3.63, 3.8) is 0 Å². The molecule has 0 spiro atoms. The number of hydrogen-bond acceptors (Lipinski definition) is 6. The lowest BCUT2D eigenvalue weighted by atomic mass is 10.1. The highest BCUT2D eigenvalue weighted by atomic mass is 35.5. The molecule has 0 fully saturated rings. The second kappa shape index (κ2) is 4.53. The number of carbonyl (C=O) groups is 2. The molecule has 8 heteroatoms. The van der Waals surface area contributed by atoms with E-state index in [1.54, 1.807) is 0 Å². The quantitative estimate of drug-likeness (QED) is 0.867. The third kappa shape index (κ3) is 1.79. The minimum atomic E-state index is -1.24. The molecule has 2 aromatic rings. The number of halogens is 1. The molecule has 0 radical (unpaired) electrons. The molecule has 0 atom stereocenters. The van der Waals surface area contributed by atoms with Crippen LogP contribution in [0.1, 0.15) is 20.9 Å². The molecular weight excluding hydrogens is 290 g/mol. The highest BCUT2D eigenvalue weighted by Gasteiger charge is 2.27. The van der Waals surface area contributed by atoms with Crippen molar-refractivity contribution in [2.45, 2.75) is 0 Å². The standard InChI is InChI=1S/C12H6ClNO6/c13-7-1-5(8-2-9(12(16)17)20-14-8)10-11(6(7)3-15)19-4-18-10/h1-3H,4H2,(H,16,17). The van der Waals surface area contributed by atoms with Crippen molar-refractivity contribution in [3.8, 4) is 22.8 Å². The van der Waals surface area contributed by atoms with Gasteiger partial charge in [0.25, 0.3) is 0 Å². The Hall–Kier alpha value is -2.54. The van der Waals surface area contributed by atoms with Crippen LogP contribution >= 0.6 is 11.6 Å². The number of benzene rings is 1. The molecule has 1 aliphatic heterocycles. The third-order valence-corrected chi connectivity index (χ3v) is 3.06. The predicted molar refractivity (Wildman–Crippen MR) is 65.4 cm³/mol. The number of rotatable bonds is 3. The molecule has 0 unspecified atom stereocenters. The lowest BCUT2D eigenvalue weighted by Crippen LogP contribution is -1.94. The Morgan fingerprint density at radius 1 is 1.35 bits per heavy atom. The van der Waals surface area contributed by atoms with Crippen molar-refractivity contribution in [3.05, 3.63) is 28.5 Å². The first-order chi connectivity index (χ1) is 9.61. The fourth-order valence-corrected chi connectivity index (χ4v) is 2.10. The maximum Gasteiger partial charge on any atom is 0.374 e. The van der Waals surface area contributed by atoms with Gasteiger partial charge >= 0.3 is 5.97 Å². The van der Waals surface area contributed by atoms with E-state index < -0.39 is 5.97 Å². The summed E-state index contributed by atoms with van der Waals surface area (Å²) in [4.78, 5) is 21.8. The third-order valence-electron chi connectivity index (χ3n) is 2.75. The van der Waals surface area contributed by atoms with Gasteiger partial charge in [-0.15, -0.1) is 0 Å². The fraction of sp³-hybridized carbons (Fsp3) is 0.0833. The smallest absolute Gasteiger partial charge is 0.374 e. The molecule has 0 aliphatic carbocycles. The maximum atomic E-state index is 11.0. The highest BCUT2D eigenvalue weighted by molar-refractivity contribution is 6.33. The molecule has 20 heavy (non-hydrogen) atoms. The first-order valence-corrected chi connectivity index (χ1v) is 5.77. The van der Waals surface area contributed by atoms with Crippen LogP contribution in [0.4, 0.5) is 0 Å². The van der Waals surface area contributed by atoms with Crippen molar-refractivity contribution >= 4 is 23.9 Å². The van der Waals surface area contributed by atoms with Gasteiger partial charge in [0.1, 0.15) is 5.69 Å². The topological polar surface area (TPSA) is 98.9 Å².